The Morgan fingerprint density at radius 2 is 1.62 bits per heavy atom. The highest BCUT2D eigenvalue weighted by molar-refractivity contribution is 5.53. The van der Waals surface area contributed by atoms with E-state index in [9.17, 15) is 15.3 Å². The van der Waals surface area contributed by atoms with Gasteiger partial charge in [-0.25, -0.2) is 0 Å². The van der Waals surface area contributed by atoms with E-state index in [1.807, 2.05) is 30.3 Å². The van der Waals surface area contributed by atoms with Gasteiger partial charge in [0.25, 0.3) is 0 Å². The average molecular weight is 287 g/mol. The highest BCUT2D eigenvalue weighted by Gasteiger charge is 2.46. The minimum atomic E-state index is -0.504. The van der Waals surface area contributed by atoms with Crippen LogP contribution in [0.25, 0.3) is 0 Å². The number of aromatic hydroxyl groups is 2. The molecular weight excluding hydrogens is 270 g/mol. The van der Waals surface area contributed by atoms with Crippen molar-refractivity contribution < 1.29 is 20.1 Å². The van der Waals surface area contributed by atoms with Crippen LogP contribution in [0.5, 0.6) is 11.8 Å². The molecule has 1 aromatic carbocycles. The van der Waals surface area contributed by atoms with Crippen LogP contribution in [-0.2, 0) is 4.74 Å². The molecule has 0 radical (unpaired) electrons. The number of aliphatic hydroxyl groups excluding tert-OH is 1. The highest BCUT2D eigenvalue weighted by atomic mass is 16.5. The number of hydrogen-bond acceptors (Lipinski definition) is 4. The molecule has 5 nitrogen and oxygen atoms in total. The second kappa shape index (κ2) is 4.51. The molecule has 1 fully saturated rings. The van der Waals surface area contributed by atoms with Crippen LogP contribution in [0.3, 0.4) is 0 Å². The first kappa shape index (κ1) is 12.7. The Balaban J connectivity index is 1.86. The highest BCUT2D eigenvalue weighted by Crippen LogP contribution is 2.58. The van der Waals surface area contributed by atoms with Crippen molar-refractivity contribution in [1.29, 1.82) is 0 Å². The monoisotopic (exact) mass is 287 g/mol. The largest absolute Gasteiger partial charge is 0.494 e. The molecule has 0 aliphatic carbocycles. The maximum atomic E-state index is 10.5. The molecule has 2 aliphatic heterocycles. The summed E-state index contributed by atoms with van der Waals surface area (Å²) in [7, 11) is 0. The second-order valence-electron chi connectivity index (χ2n) is 5.64. The molecule has 2 bridgehead atoms. The number of rotatable bonds is 3. The Morgan fingerprint density at radius 3 is 2.14 bits per heavy atom. The molecule has 1 aromatic heterocycles. The van der Waals surface area contributed by atoms with Gasteiger partial charge in [0.1, 0.15) is 0 Å². The second-order valence-corrected chi connectivity index (χ2v) is 5.64. The van der Waals surface area contributed by atoms with E-state index in [0.717, 1.165) is 18.4 Å². The van der Waals surface area contributed by atoms with Gasteiger partial charge in [-0.1, -0.05) is 30.3 Å². The van der Waals surface area contributed by atoms with Crippen molar-refractivity contribution in [3.05, 3.63) is 47.0 Å². The average Bonchev–Trinajstić information content (AvgIpc) is 3.18. The van der Waals surface area contributed by atoms with Crippen molar-refractivity contribution >= 4 is 0 Å². The maximum absolute atomic E-state index is 10.5. The fraction of sp³-hybridized carbons (Fsp3) is 0.375. The van der Waals surface area contributed by atoms with E-state index in [-0.39, 0.29) is 30.6 Å². The third kappa shape index (κ3) is 1.65. The van der Waals surface area contributed by atoms with Crippen molar-refractivity contribution in [2.24, 2.45) is 0 Å². The third-order valence-corrected chi connectivity index (χ3v) is 4.56. The predicted molar refractivity (Wildman–Crippen MR) is 75.2 cm³/mol. The summed E-state index contributed by atoms with van der Waals surface area (Å²) in [5.41, 5.74) is 2.23. The number of ether oxygens (including phenoxy) is 1. The number of nitrogens with zero attached hydrogens (tertiary/aromatic N) is 1. The number of benzene rings is 1. The summed E-state index contributed by atoms with van der Waals surface area (Å²) in [6.07, 6.45) is 1.47. The van der Waals surface area contributed by atoms with Crippen molar-refractivity contribution in [2.75, 3.05) is 6.61 Å². The van der Waals surface area contributed by atoms with Gasteiger partial charge in [-0.2, -0.15) is 0 Å². The van der Waals surface area contributed by atoms with Crippen molar-refractivity contribution in [1.82, 2.24) is 4.57 Å². The summed E-state index contributed by atoms with van der Waals surface area (Å²) in [6, 6.07) is 8.87. The fourth-order valence-corrected chi connectivity index (χ4v) is 3.60. The van der Waals surface area contributed by atoms with Crippen molar-refractivity contribution in [3.8, 4) is 11.8 Å². The van der Waals surface area contributed by atoms with Crippen LogP contribution in [-0.4, -0.2) is 26.5 Å². The van der Waals surface area contributed by atoms with E-state index in [1.54, 1.807) is 0 Å². The third-order valence-electron chi connectivity index (χ3n) is 4.56. The summed E-state index contributed by atoms with van der Waals surface area (Å²) in [5.74, 6) is 0.0233. The van der Waals surface area contributed by atoms with Gasteiger partial charge in [0.15, 0.2) is 0 Å². The Bertz CT molecular complexity index is 646. The standard InChI is InChI=1S/C16H17NO4/c18-8-10(9-4-2-1-3-5-9)17-15(19)13-11-6-7-12(21-11)14(13)16(17)20/h1-5,10-12,18-20H,6-8H2/t10-,11?,12?/m1/s1. The first-order valence-electron chi connectivity index (χ1n) is 7.19. The summed E-state index contributed by atoms with van der Waals surface area (Å²) >= 11 is 0. The molecule has 0 saturated carbocycles. The minimum absolute atomic E-state index is 0.0117. The lowest BCUT2D eigenvalue weighted by Gasteiger charge is -2.20. The van der Waals surface area contributed by atoms with E-state index in [1.165, 1.54) is 4.57 Å². The van der Waals surface area contributed by atoms with Crippen molar-refractivity contribution in [2.45, 2.75) is 31.1 Å². The molecule has 3 atom stereocenters. The smallest absolute Gasteiger partial charge is 0.200 e. The van der Waals surface area contributed by atoms with E-state index in [4.69, 9.17) is 4.74 Å². The van der Waals surface area contributed by atoms with Gasteiger partial charge in [0.2, 0.25) is 11.8 Å². The summed E-state index contributed by atoms with van der Waals surface area (Å²) in [5, 5.41) is 30.8. The summed E-state index contributed by atoms with van der Waals surface area (Å²) < 4.78 is 7.15. The molecule has 110 valence electrons. The van der Waals surface area contributed by atoms with Crippen LogP contribution >= 0.6 is 0 Å². The molecule has 1 saturated heterocycles. The Kier molecular flexibility index (Phi) is 2.74. The van der Waals surface area contributed by atoms with Crippen LogP contribution in [0.1, 0.15) is 47.8 Å². The van der Waals surface area contributed by atoms with Crippen molar-refractivity contribution in [3.63, 3.8) is 0 Å². The van der Waals surface area contributed by atoms with Crippen LogP contribution in [0, 0.1) is 0 Å². The van der Waals surface area contributed by atoms with E-state index >= 15 is 0 Å². The first-order chi connectivity index (χ1) is 10.2. The molecule has 4 rings (SSSR count). The number of hydrogen-bond donors (Lipinski definition) is 3. The summed E-state index contributed by atoms with van der Waals surface area (Å²) in [4.78, 5) is 0. The van der Waals surface area contributed by atoms with Gasteiger partial charge in [-0.3, -0.25) is 4.57 Å². The minimum Gasteiger partial charge on any atom is -0.494 e. The lowest BCUT2D eigenvalue weighted by Crippen LogP contribution is -2.14. The lowest BCUT2D eigenvalue weighted by atomic mass is 9.95. The first-order valence-corrected chi connectivity index (χ1v) is 7.19. The van der Waals surface area contributed by atoms with Gasteiger partial charge >= 0.3 is 0 Å². The van der Waals surface area contributed by atoms with E-state index in [2.05, 4.69) is 0 Å². The molecule has 2 unspecified atom stereocenters. The fourth-order valence-electron chi connectivity index (χ4n) is 3.60. The SMILES string of the molecule is OC[C@H](c1ccccc1)n1c(O)c2c(c1O)C1CCC2O1. The molecule has 0 spiro atoms. The lowest BCUT2D eigenvalue weighted by molar-refractivity contribution is 0.0672. The van der Waals surface area contributed by atoms with E-state index < -0.39 is 6.04 Å². The maximum Gasteiger partial charge on any atom is 0.200 e. The Labute approximate surface area is 122 Å². The summed E-state index contributed by atoms with van der Waals surface area (Å²) in [6.45, 7) is -0.200. The van der Waals surface area contributed by atoms with E-state index in [0.29, 0.717) is 11.1 Å². The van der Waals surface area contributed by atoms with Gasteiger partial charge in [-0.15, -0.1) is 0 Å². The molecule has 21 heavy (non-hydrogen) atoms. The number of aromatic nitrogens is 1. The normalized spacial score (nSPS) is 24.2. The molecule has 3 N–H and O–H groups in total. The zero-order valence-corrected chi connectivity index (χ0v) is 11.4. The van der Waals surface area contributed by atoms with Crippen LogP contribution < -0.4 is 0 Å². The quantitative estimate of drug-likeness (QED) is 0.810. The van der Waals surface area contributed by atoms with Gasteiger partial charge < -0.3 is 20.1 Å². The van der Waals surface area contributed by atoms with Gasteiger partial charge in [-0.05, 0) is 18.4 Å². The van der Waals surface area contributed by atoms with Crippen LogP contribution in [0.2, 0.25) is 0 Å². The van der Waals surface area contributed by atoms with Crippen LogP contribution in [0.4, 0.5) is 0 Å². The van der Waals surface area contributed by atoms with Gasteiger partial charge in [0.05, 0.1) is 36.0 Å². The molecular formula is C16H17NO4. The molecule has 0 amide bonds. The number of fused-ring (bicyclic) bond motifs is 5. The zero-order valence-electron chi connectivity index (χ0n) is 11.4. The number of aliphatic hydroxyl groups is 1. The Morgan fingerprint density at radius 1 is 1.05 bits per heavy atom. The predicted octanol–water partition coefficient (Wildman–Crippen LogP) is 2.39. The zero-order chi connectivity index (χ0) is 14.6. The molecule has 3 heterocycles. The van der Waals surface area contributed by atoms with Crippen LogP contribution in [0.15, 0.2) is 30.3 Å². The topological polar surface area (TPSA) is 74.9 Å². The molecule has 5 heteroatoms. The van der Waals surface area contributed by atoms with Gasteiger partial charge in [0, 0.05) is 0 Å². The molecule has 2 aromatic rings. The Hall–Kier alpha value is -1.98. The molecule has 2 aliphatic rings.